The number of amides is 2. The maximum absolute atomic E-state index is 12.2. The maximum atomic E-state index is 12.2. The van der Waals surface area contributed by atoms with Gasteiger partial charge in [0.05, 0.1) is 12.8 Å². The van der Waals surface area contributed by atoms with E-state index >= 15 is 0 Å². The van der Waals surface area contributed by atoms with Crippen molar-refractivity contribution >= 4 is 56.6 Å². The number of amidine groups is 1. The van der Waals surface area contributed by atoms with Crippen LogP contribution in [0.2, 0.25) is 0 Å². The van der Waals surface area contributed by atoms with Crippen molar-refractivity contribution in [1.29, 1.82) is 0 Å². The molecule has 0 spiro atoms. The van der Waals surface area contributed by atoms with Gasteiger partial charge in [-0.2, -0.15) is 5.10 Å². The quantitative estimate of drug-likeness (QED) is 0.471. The van der Waals surface area contributed by atoms with Gasteiger partial charge < -0.3 is 15.4 Å². The number of rotatable bonds is 7. The Bertz CT molecular complexity index is 950. The minimum Gasteiger partial charge on any atom is -0.493 e. The Balaban J connectivity index is 1.60. The highest BCUT2D eigenvalue weighted by molar-refractivity contribution is 9.10. The number of nitrogens with one attached hydrogen (secondary N) is 2. The normalized spacial score (nSPS) is 17.5. The molecule has 150 valence electrons. The molecule has 0 radical (unpaired) electrons. The van der Waals surface area contributed by atoms with E-state index in [4.69, 9.17) is 4.74 Å². The lowest BCUT2D eigenvalue weighted by Crippen LogP contribution is -2.28. The molecule has 2 aromatic rings. The average molecular weight is 475 g/mol. The fraction of sp³-hybridized carbons (Fsp3) is 0.200. The summed E-state index contributed by atoms with van der Waals surface area (Å²) in [5, 5.41) is 13.3. The van der Waals surface area contributed by atoms with E-state index in [1.807, 2.05) is 43.3 Å². The first-order chi connectivity index (χ1) is 14.0. The second-order valence-electron chi connectivity index (χ2n) is 5.98. The van der Waals surface area contributed by atoms with E-state index in [1.165, 1.54) is 11.8 Å². The monoisotopic (exact) mass is 474 g/mol. The van der Waals surface area contributed by atoms with Crippen LogP contribution in [0.5, 0.6) is 5.75 Å². The zero-order valence-corrected chi connectivity index (χ0v) is 18.0. The van der Waals surface area contributed by atoms with Crippen molar-refractivity contribution in [1.82, 2.24) is 5.32 Å². The minimum absolute atomic E-state index is 0.0498. The molecule has 2 amide bonds. The van der Waals surface area contributed by atoms with Crippen molar-refractivity contribution in [2.45, 2.75) is 18.6 Å². The molecular weight excluding hydrogens is 456 g/mol. The Labute approximate surface area is 181 Å². The predicted octanol–water partition coefficient (Wildman–Crippen LogP) is 3.80. The second kappa shape index (κ2) is 10.2. The zero-order chi connectivity index (χ0) is 20.6. The first kappa shape index (κ1) is 21.1. The number of nitrogens with zero attached hydrogens (tertiary/aromatic N) is 2. The fourth-order valence-corrected chi connectivity index (χ4v) is 3.84. The van der Waals surface area contributed by atoms with Crippen LogP contribution in [0.3, 0.4) is 0 Å². The van der Waals surface area contributed by atoms with Crippen LogP contribution in [0.1, 0.15) is 18.9 Å². The van der Waals surface area contributed by atoms with E-state index in [0.717, 1.165) is 10.0 Å². The molecule has 1 saturated heterocycles. The molecule has 2 aromatic carbocycles. The molecule has 1 fully saturated rings. The highest BCUT2D eigenvalue weighted by Gasteiger charge is 2.32. The molecule has 0 aromatic heterocycles. The third-order valence-electron chi connectivity index (χ3n) is 3.82. The number of halogens is 1. The van der Waals surface area contributed by atoms with Gasteiger partial charge in [0.1, 0.15) is 11.0 Å². The summed E-state index contributed by atoms with van der Waals surface area (Å²) in [6, 6.07) is 14.7. The molecule has 1 aliphatic rings. The van der Waals surface area contributed by atoms with Gasteiger partial charge in [-0.3, -0.25) is 9.59 Å². The summed E-state index contributed by atoms with van der Waals surface area (Å²) < 4.78 is 6.45. The number of hydrogen-bond donors (Lipinski definition) is 2. The number of anilines is 1. The third-order valence-corrected chi connectivity index (χ3v) is 5.39. The standard InChI is InChI=1S/C20H19BrN4O3S/c1-2-28-16-9-8-14(21)10-13(16)12-22-25-20-24-19(27)17(29-20)11-18(26)23-15-6-4-3-5-7-15/h3-10,12,17H,2,11H2,1H3,(H,23,26)(H,24,25,27)/b22-12+. The first-order valence-electron chi connectivity index (χ1n) is 8.91. The number of carbonyl (C=O) groups is 2. The van der Waals surface area contributed by atoms with Crippen LogP contribution in [0.4, 0.5) is 5.69 Å². The SMILES string of the molecule is CCOc1ccc(Br)cc1/C=N/N=C1/NC(=O)C(CC(=O)Nc2ccccc2)S1. The molecule has 1 atom stereocenters. The van der Waals surface area contributed by atoms with Gasteiger partial charge in [0.15, 0.2) is 5.17 Å². The van der Waals surface area contributed by atoms with Crippen molar-refractivity contribution in [2.24, 2.45) is 10.2 Å². The van der Waals surface area contributed by atoms with Gasteiger partial charge in [-0.15, -0.1) is 5.10 Å². The van der Waals surface area contributed by atoms with E-state index in [9.17, 15) is 9.59 Å². The van der Waals surface area contributed by atoms with Gasteiger partial charge in [-0.05, 0) is 37.3 Å². The number of hydrogen-bond acceptors (Lipinski definition) is 6. The van der Waals surface area contributed by atoms with Crippen molar-refractivity contribution in [2.75, 3.05) is 11.9 Å². The molecule has 0 saturated carbocycles. The largest absolute Gasteiger partial charge is 0.493 e. The summed E-state index contributed by atoms with van der Waals surface area (Å²) in [7, 11) is 0. The lowest BCUT2D eigenvalue weighted by Gasteiger charge is -2.07. The number of thioether (sulfide) groups is 1. The van der Waals surface area contributed by atoms with Crippen LogP contribution in [0.15, 0.2) is 63.2 Å². The fourth-order valence-electron chi connectivity index (χ4n) is 2.54. The van der Waals surface area contributed by atoms with E-state index in [0.29, 0.717) is 23.2 Å². The Hall–Kier alpha value is -2.65. The van der Waals surface area contributed by atoms with Gasteiger partial charge in [-0.1, -0.05) is 45.9 Å². The molecule has 0 bridgehead atoms. The van der Waals surface area contributed by atoms with Crippen LogP contribution in [0, 0.1) is 0 Å². The highest BCUT2D eigenvalue weighted by Crippen LogP contribution is 2.24. The van der Waals surface area contributed by atoms with Gasteiger partial charge in [0, 0.05) is 22.1 Å². The Morgan fingerprint density at radius 1 is 1.31 bits per heavy atom. The van der Waals surface area contributed by atoms with Gasteiger partial charge in [-0.25, -0.2) is 0 Å². The van der Waals surface area contributed by atoms with Crippen LogP contribution in [-0.4, -0.2) is 35.1 Å². The Morgan fingerprint density at radius 2 is 2.10 bits per heavy atom. The second-order valence-corrected chi connectivity index (χ2v) is 8.09. The van der Waals surface area contributed by atoms with E-state index in [2.05, 4.69) is 36.8 Å². The third kappa shape index (κ3) is 6.16. The number of para-hydroxylation sites is 1. The zero-order valence-electron chi connectivity index (χ0n) is 15.6. The van der Waals surface area contributed by atoms with Crippen LogP contribution in [0.25, 0.3) is 0 Å². The van der Waals surface area contributed by atoms with E-state index < -0.39 is 5.25 Å². The number of carbonyl (C=O) groups excluding carboxylic acids is 2. The lowest BCUT2D eigenvalue weighted by atomic mass is 10.2. The molecule has 0 aliphatic carbocycles. The Kier molecular flexibility index (Phi) is 7.42. The minimum atomic E-state index is -0.544. The van der Waals surface area contributed by atoms with Crippen LogP contribution < -0.4 is 15.4 Å². The smallest absolute Gasteiger partial charge is 0.240 e. The van der Waals surface area contributed by atoms with Crippen molar-refractivity contribution in [3.05, 3.63) is 58.6 Å². The summed E-state index contributed by atoms with van der Waals surface area (Å²) in [5.74, 6) is 0.201. The number of benzene rings is 2. The molecular formula is C20H19BrN4O3S. The molecule has 2 N–H and O–H groups in total. The molecule has 1 unspecified atom stereocenters. The van der Waals surface area contributed by atoms with Crippen molar-refractivity contribution < 1.29 is 14.3 Å². The molecule has 9 heteroatoms. The summed E-state index contributed by atoms with van der Waals surface area (Å²) in [6.07, 6.45) is 1.61. The topological polar surface area (TPSA) is 92.2 Å². The van der Waals surface area contributed by atoms with Crippen molar-refractivity contribution in [3.8, 4) is 5.75 Å². The summed E-state index contributed by atoms with van der Waals surface area (Å²) >= 11 is 4.60. The number of ether oxygens (including phenoxy) is 1. The van der Waals surface area contributed by atoms with Gasteiger partial charge in [0.25, 0.3) is 0 Å². The highest BCUT2D eigenvalue weighted by atomic mass is 79.9. The first-order valence-corrected chi connectivity index (χ1v) is 10.6. The summed E-state index contributed by atoms with van der Waals surface area (Å²) in [4.78, 5) is 24.3. The Morgan fingerprint density at radius 3 is 2.86 bits per heavy atom. The van der Waals surface area contributed by atoms with E-state index in [1.54, 1.807) is 18.3 Å². The molecule has 29 heavy (non-hydrogen) atoms. The van der Waals surface area contributed by atoms with Crippen molar-refractivity contribution in [3.63, 3.8) is 0 Å². The maximum Gasteiger partial charge on any atom is 0.240 e. The summed E-state index contributed by atoms with van der Waals surface area (Å²) in [6.45, 7) is 2.44. The summed E-state index contributed by atoms with van der Waals surface area (Å²) in [5.41, 5.74) is 1.46. The lowest BCUT2D eigenvalue weighted by molar-refractivity contribution is -0.122. The average Bonchev–Trinajstić information content (AvgIpc) is 3.04. The molecule has 1 aliphatic heterocycles. The predicted molar refractivity (Wildman–Crippen MR) is 120 cm³/mol. The van der Waals surface area contributed by atoms with Gasteiger partial charge >= 0.3 is 0 Å². The van der Waals surface area contributed by atoms with Crippen LogP contribution >= 0.6 is 27.7 Å². The van der Waals surface area contributed by atoms with Crippen LogP contribution in [-0.2, 0) is 9.59 Å². The molecule has 3 rings (SSSR count). The molecule has 1 heterocycles. The van der Waals surface area contributed by atoms with E-state index in [-0.39, 0.29) is 18.2 Å². The van der Waals surface area contributed by atoms with Gasteiger partial charge in [0.2, 0.25) is 11.8 Å². The molecule has 7 nitrogen and oxygen atoms in total.